The second kappa shape index (κ2) is 4.99. The molecule has 2 rings (SSSR count). The first-order valence-corrected chi connectivity index (χ1v) is 7.82. The van der Waals surface area contributed by atoms with Gasteiger partial charge in [0.05, 0.1) is 24.2 Å². The van der Waals surface area contributed by atoms with Crippen molar-refractivity contribution in [1.29, 1.82) is 0 Å². The van der Waals surface area contributed by atoms with Gasteiger partial charge in [-0.3, -0.25) is 4.68 Å². The van der Waals surface area contributed by atoms with Gasteiger partial charge in [0.2, 0.25) is 0 Å². The van der Waals surface area contributed by atoms with E-state index in [9.17, 15) is 13.5 Å². The predicted octanol–water partition coefficient (Wildman–Crippen LogP) is -0.589. The molecule has 1 aromatic heterocycles. The monoisotopic (exact) mass is 273 g/mol. The molecular weight excluding hydrogens is 254 g/mol. The van der Waals surface area contributed by atoms with Crippen LogP contribution in [0.5, 0.6) is 0 Å². The van der Waals surface area contributed by atoms with Crippen LogP contribution in [0.15, 0.2) is 18.5 Å². The van der Waals surface area contributed by atoms with E-state index in [-0.39, 0.29) is 11.5 Å². The summed E-state index contributed by atoms with van der Waals surface area (Å²) in [5.74, 6) is 0.375. The summed E-state index contributed by atoms with van der Waals surface area (Å²) in [5, 5.41) is 17.0. The molecule has 102 valence electrons. The Labute approximate surface area is 107 Å². The summed E-state index contributed by atoms with van der Waals surface area (Å²) in [7, 11) is -2.91. The number of sulfone groups is 1. The van der Waals surface area contributed by atoms with Gasteiger partial charge in [-0.2, -0.15) is 5.10 Å². The number of β-amino-alcohol motifs (C(OH)–C–C–N with tert-alkyl or cyclic N) is 1. The molecule has 0 amide bonds. The van der Waals surface area contributed by atoms with Crippen molar-refractivity contribution in [2.45, 2.75) is 31.5 Å². The van der Waals surface area contributed by atoms with E-state index >= 15 is 0 Å². The van der Waals surface area contributed by atoms with Crippen LogP contribution in [-0.4, -0.2) is 53.0 Å². The molecule has 2 unspecified atom stereocenters. The standard InChI is InChI=1S/C11H19N3O3S/c1-11(3-6-18(16,17)9-11)12-7-10(15)8-14-5-2-4-13-14/h2,4-5,10,12,15H,3,6-9H2,1H3. The molecule has 0 saturated carbocycles. The largest absolute Gasteiger partial charge is 0.390 e. The number of aliphatic hydroxyl groups is 1. The maximum absolute atomic E-state index is 11.4. The lowest BCUT2D eigenvalue weighted by Crippen LogP contribution is -2.47. The Balaban J connectivity index is 1.81. The van der Waals surface area contributed by atoms with Gasteiger partial charge in [0.25, 0.3) is 0 Å². The molecule has 1 aliphatic rings. The molecule has 18 heavy (non-hydrogen) atoms. The lowest BCUT2D eigenvalue weighted by molar-refractivity contribution is 0.136. The Morgan fingerprint density at radius 3 is 2.94 bits per heavy atom. The van der Waals surface area contributed by atoms with Crippen molar-refractivity contribution >= 4 is 9.84 Å². The molecule has 7 heteroatoms. The quantitative estimate of drug-likeness (QED) is 0.749. The van der Waals surface area contributed by atoms with Crippen molar-refractivity contribution in [2.24, 2.45) is 0 Å². The fourth-order valence-corrected chi connectivity index (χ4v) is 4.33. The number of nitrogens with one attached hydrogen (secondary N) is 1. The van der Waals surface area contributed by atoms with Gasteiger partial charge in [-0.1, -0.05) is 0 Å². The van der Waals surface area contributed by atoms with Crippen LogP contribution in [0.1, 0.15) is 13.3 Å². The van der Waals surface area contributed by atoms with Crippen molar-refractivity contribution in [2.75, 3.05) is 18.1 Å². The number of rotatable bonds is 5. The van der Waals surface area contributed by atoms with Gasteiger partial charge in [0.1, 0.15) is 0 Å². The van der Waals surface area contributed by atoms with E-state index in [0.29, 0.717) is 19.5 Å². The smallest absolute Gasteiger partial charge is 0.152 e. The highest BCUT2D eigenvalue weighted by Crippen LogP contribution is 2.22. The van der Waals surface area contributed by atoms with E-state index in [1.54, 1.807) is 23.1 Å². The fraction of sp³-hybridized carbons (Fsp3) is 0.727. The summed E-state index contributed by atoms with van der Waals surface area (Å²) in [6.45, 7) is 2.66. The molecule has 6 nitrogen and oxygen atoms in total. The summed E-state index contributed by atoms with van der Waals surface area (Å²) >= 11 is 0. The van der Waals surface area contributed by atoms with Gasteiger partial charge >= 0.3 is 0 Å². The summed E-state index contributed by atoms with van der Waals surface area (Å²) < 4.78 is 24.5. The molecule has 0 bridgehead atoms. The molecular formula is C11H19N3O3S. The maximum Gasteiger partial charge on any atom is 0.152 e. The van der Waals surface area contributed by atoms with E-state index in [2.05, 4.69) is 10.4 Å². The Morgan fingerprint density at radius 2 is 2.39 bits per heavy atom. The minimum Gasteiger partial charge on any atom is -0.390 e. The van der Waals surface area contributed by atoms with Crippen LogP contribution in [0.2, 0.25) is 0 Å². The number of aliphatic hydroxyl groups excluding tert-OH is 1. The normalized spacial score (nSPS) is 28.3. The molecule has 1 aromatic rings. The highest BCUT2D eigenvalue weighted by molar-refractivity contribution is 7.91. The Hall–Kier alpha value is -0.920. The molecule has 2 N–H and O–H groups in total. The second-order valence-electron chi connectivity index (χ2n) is 5.17. The maximum atomic E-state index is 11.4. The van der Waals surface area contributed by atoms with E-state index in [1.807, 2.05) is 6.92 Å². The van der Waals surface area contributed by atoms with Gasteiger partial charge in [-0.05, 0) is 19.4 Å². The molecule has 2 atom stereocenters. The SMILES string of the molecule is CC1(NCC(O)Cn2cccn2)CCS(=O)(=O)C1. The van der Waals surface area contributed by atoms with Gasteiger partial charge in [0.15, 0.2) is 9.84 Å². The Kier molecular flexibility index (Phi) is 3.74. The number of hydrogen-bond acceptors (Lipinski definition) is 5. The van der Waals surface area contributed by atoms with Crippen molar-refractivity contribution in [3.05, 3.63) is 18.5 Å². The van der Waals surface area contributed by atoms with Gasteiger partial charge < -0.3 is 10.4 Å². The van der Waals surface area contributed by atoms with Gasteiger partial charge in [-0.15, -0.1) is 0 Å². The van der Waals surface area contributed by atoms with E-state index in [1.165, 1.54) is 0 Å². The molecule has 1 saturated heterocycles. The summed E-state index contributed by atoms with van der Waals surface area (Å²) in [4.78, 5) is 0. The first-order chi connectivity index (χ1) is 8.39. The molecule has 1 fully saturated rings. The number of hydrogen-bond donors (Lipinski definition) is 2. The topological polar surface area (TPSA) is 84.2 Å². The van der Waals surface area contributed by atoms with E-state index in [0.717, 1.165) is 0 Å². The van der Waals surface area contributed by atoms with E-state index < -0.39 is 21.5 Å². The minimum absolute atomic E-state index is 0.147. The van der Waals surface area contributed by atoms with Crippen LogP contribution in [-0.2, 0) is 16.4 Å². The summed E-state index contributed by atoms with van der Waals surface area (Å²) in [5.41, 5.74) is -0.413. The Morgan fingerprint density at radius 1 is 1.61 bits per heavy atom. The summed E-state index contributed by atoms with van der Waals surface area (Å²) in [6.07, 6.45) is 3.46. The number of nitrogens with zero attached hydrogens (tertiary/aromatic N) is 2. The van der Waals surface area contributed by atoms with Crippen LogP contribution in [0.25, 0.3) is 0 Å². The van der Waals surface area contributed by atoms with Crippen LogP contribution in [0.3, 0.4) is 0 Å². The molecule has 1 aliphatic heterocycles. The third kappa shape index (κ3) is 3.54. The molecule has 0 spiro atoms. The zero-order valence-corrected chi connectivity index (χ0v) is 11.2. The highest BCUT2D eigenvalue weighted by Gasteiger charge is 2.38. The molecule has 2 heterocycles. The lowest BCUT2D eigenvalue weighted by Gasteiger charge is -2.25. The molecule has 0 radical (unpaired) electrons. The van der Waals surface area contributed by atoms with Crippen molar-refractivity contribution in [1.82, 2.24) is 15.1 Å². The third-order valence-electron chi connectivity index (χ3n) is 3.22. The van der Waals surface area contributed by atoms with Crippen molar-refractivity contribution in [3.63, 3.8) is 0 Å². The second-order valence-corrected chi connectivity index (χ2v) is 7.35. The highest BCUT2D eigenvalue weighted by atomic mass is 32.2. The Bertz CT molecular complexity index is 486. The number of aromatic nitrogens is 2. The zero-order valence-electron chi connectivity index (χ0n) is 10.4. The van der Waals surface area contributed by atoms with Crippen LogP contribution in [0.4, 0.5) is 0 Å². The third-order valence-corrected chi connectivity index (χ3v) is 5.13. The van der Waals surface area contributed by atoms with E-state index in [4.69, 9.17) is 0 Å². The van der Waals surface area contributed by atoms with Crippen LogP contribution in [0, 0.1) is 0 Å². The lowest BCUT2D eigenvalue weighted by atomic mass is 10.0. The van der Waals surface area contributed by atoms with Gasteiger partial charge in [-0.25, -0.2) is 8.42 Å². The first kappa shape index (κ1) is 13.5. The first-order valence-electron chi connectivity index (χ1n) is 6.00. The average molecular weight is 273 g/mol. The molecule has 0 aliphatic carbocycles. The zero-order chi connectivity index (χ0) is 13.2. The van der Waals surface area contributed by atoms with Crippen LogP contribution >= 0.6 is 0 Å². The molecule has 0 aromatic carbocycles. The fourth-order valence-electron chi connectivity index (χ4n) is 2.20. The van der Waals surface area contributed by atoms with Crippen LogP contribution < -0.4 is 5.32 Å². The van der Waals surface area contributed by atoms with Crippen molar-refractivity contribution < 1.29 is 13.5 Å². The minimum atomic E-state index is -2.91. The average Bonchev–Trinajstić information content (AvgIpc) is 2.85. The van der Waals surface area contributed by atoms with Crippen molar-refractivity contribution in [3.8, 4) is 0 Å². The summed E-state index contributed by atoms with van der Waals surface area (Å²) in [6, 6.07) is 1.80. The predicted molar refractivity (Wildman–Crippen MR) is 67.9 cm³/mol. The van der Waals surface area contributed by atoms with Gasteiger partial charge in [0, 0.05) is 24.5 Å².